The third-order valence-electron chi connectivity index (χ3n) is 5.43. The van der Waals surface area contributed by atoms with Gasteiger partial charge in [-0.15, -0.1) is 11.3 Å². The van der Waals surface area contributed by atoms with E-state index in [2.05, 4.69) is 17.2 Å². The predicted octanol–water partition coefficient (Wildman–Crippen LogP) is 3.34. The van der Waals surface area contributed by atoms with Gasteiger partial charge in [0, 0.05) is 30.7 Å². The second-order valence-electron chi connectivity index (χ2n) is 7.66. The fourth-order valence-corrected chi connectivity index (χ4v) is 5.64. The maximum atomic E-state index is 12.7. The average molecular weight is 451 g/mol. The molecule has 1 aliphatic rings. The molecular formula is C21H30N4O3S2. The van der Waals surface area contributed by atoms with Gasteiger partial charge in [0.2, 0.25) is 15.9 Å². The van der Waals surface area contributed by atoms with Crippen LogP contribution in [0.3, 0.4) is 0 Å². The lowest BCUT2D eigenvalue weighted by Crippen LogP contribution is -2.39. The van der Waals surface area contributed by atoms with Crippen molar-refractivity contribution < 1.29 is 13.2 Å². The van der Waals surface area contributed by atoms with Gasteiger partial charge >= 0.3 is 0 Å². The molecule has 0 spiro atoms. The number of hydrogen-bond donors (Lipinski definition) is 1. The van der Waals surface area contributed by atoms with E-state index >= 15 is 0 Å². The number of aromatic nitrogens is 1. The molecule has 9 heteroatoms. The molecule has 1 saturated heterocycles. The SMILES string of the molecule is CCc1nc(CN(C)C(C)C(=O)Nc2ccc(S(=O)(=O)N3CCCCC3)cc2)cs1. The van der Waals surface area contributed by atoms with Gasteiger partial charge in [0.15, 0.2) is 0 Å². The molecule has 0 radical (unpaired) electrons. The summed E-state index contributed by atoms with van der Waals surface area (Å²) in [5.74, 6) is -0.143. The Bertz CT molecular complexity index is 951. The van der Waals surface area contributed by atoms with Gasteiger partial charge < -0.3 is 5.32 Å². The standard InChI is InChI=1S/C21H30N4O3S2/c1-4-20-22-18(15-29-20)14-24(3)16(2)21(26)23-17-8-10-19(11-9-17)30(27,28)25-12-6-5-7-13-25/h8-11,15-16H,4-7,12-14H2,1-3H3,(H,23,26). The fourth-order valence-electron chi connectivity index (χ4n) is 3.39. The minimum atomic E-state index is -3.47. The van der Waals surface area contributed by atoms with E-state index in [0.29, 0.717) is 25.3 Å². The number of aryl methyl sites for hydroxylation is 1. The van der Waals surface area contributed by atoms with Crippen molar-refractivity contribution >= 4 is 33.0 Å². The van der Waals surface area contributed by atoms with Crippen LogP contribution in [0.2, 0.25) is 0 Å². The van der Waals surface area contributed by atoms with Gasteiger partial charge in [0.1, 0.15) is 0 Å². The zero-order valence-electron chi connectivity index (χ0n) is 17.8. The molecule has 1 aromatic carbocycles. The summed E-state index contributed by atoms with van der Waals surface area (Å²) < 4.78 is 27.0. The highest BCUT2D eigenvalue weighted by Gasteiger charge is 2.26. The van der Waals surface area contributed by atoms with Crippen molar-refractivity contribution in [1.29, 1.82) is 0 Å². The van der Waals surface area contributed by atoms with Crippen LogP contribution in [0.4, 0.5) is 5.69 Å². The normalized spacial score (nSPS) is 16.5. The molecule has 1 aromatic heterocycles. The number of likely N-dealkylation sites (N-methyl/N-ethyl adjacent to an activating group) is 1. The molecule has 1 N–H and O–H groups in total. The van der Waals surface area contributed by atoms with Crippen molar-refractivity contribution in [2.45, 2.75) is 57.0 Å². The Kier molecular flexibility index (Phi) is 7.62. The van der Waals surface area contributed by atoms with Gasteiger partial charge in [-0.05, 0) is 57.5 Å². The molecule has 1 unspecified atom stereocenters. The van der Waals surface area contributed by atoms with Crippen LogP contribution in [-0.2, 0) is 27.8 Å². The summed E-state index contributed by atoms with van der Waals surface area (Å²) in [6.45, 7) is 5.66. The maximum absolute atomic E-state index is 12.7. The molecule has 3 rings (SSSR count). The van der Waals surface area contributed by atoms with Crippen molar-refractivity contribution in [3.8, 4) is 0 Å². The first kappa shape index (κ1) is 22.9. The summed E-state index contributed by atoms with van der Waals surface area (Å²) in [5.41, 5.74) is 1.55. The van der Waals surface area contributed by atoms with Gasteiger partial charge in [-0.3, -0.25) is 9.69 Å². The summed E-state index contributed by atoms with van der Waals surface area (Å²) in [7, 11) is -1.57. The maximum Gasteiger partial charge on any atom is 0.243 e. The lowest BCUT2D eigenvalue weighted by molar-refractivity contribution is -0.120. The zero-order valence-corrected chi connectivity index (χ0v) is 19.4. The van der Waals surface area contributed by atoms with Crippen molar-refractivity contribution in [3.05, 3.63) is 40.3 Å². The summed E-state index contributed by atoms with van der Waals surface area (Å²) >= 11 is 1.64. The smallest absolute Gasteiger partial charge is 0.243 e. The fraction of sp³-hybridized carbons (Fsp3) is 0.524. The number of carbonyl (C=O) groups is 1. The third kappa shape index (κ3) is 5.46. The summed E-state index contributed by atoms with van der Waals surface area (Å²) in [4.78, 5) is 19.4. The molecule has 1 amide bonds. The van der Waals surface area contributed by atoms with Crippen LogP contribution < -0.4 is 5.32 Å². The van der Waals surface area contributed by atoms with Crippen LogP contribution in [-0.4, -0.2) is 54.7 Å². The molecule has 0 aliphatic carbocycles. The summed E-state index contributed by atoms with van der Waals surface area (Å²) in [6, 6.07) is 6.07. The summed E-state index contributed by atoms with van der Waals surface area (Å²) in [6.07, 6.45) is 3.79. The number of nitrogens with one attached hydrogen (secondary N) is 1. The van der Waals surface area contributed by atoms with Crippen LogP contribution in [0.25, 0.3) is 0 Å². The molecule has 1 aliphatic heterocycles. The first-order valence-electron chi connectivity index (χ1n) is 10.4. The lowest BCUT2D eigenvalue weighted by atomic mass is 10.2. The zero-order chi connectivity index (χ0) is 21.7. The highest BCUT2D eigenvalue weighted by atomic mass is 32.2. The van der Waals surface area contributed by atoms with Gasteiger partial charge in [-0.1, -0.05) is 13.3 Å². The van der Waals surface area contributed by atoms with Gasteiger partial charge in [0.25, 0.3) is 0 Å². The molecule has 30 heavy (non-hydrogen) atoms. The summed E-state index contributed by atoms with van der Waals surface area (Å²) in [5, 5.41) is 6.00. The van der Waals surface area contributed by atoms with Gasteiger partial charge in [-0.2, -0.15) is 4.31 Å². The largest absolute Gasteiger partial charge is 0.325 e. The Morgan fingerprint density at radius 1 is 1.23 bits per heavy atom. The average Bonchev–Trinajstić information content (AvgIpc) is 3.21. The number of hydrogen-bond acceptors (Lipinski definition) is 6. The molecular weight excluding hydrogens is 420 g/mol. The van der Waals surface area contributed by atoms with E-state index in [1.54, 1.807) is 39.9 Å². The van der Waals surface area contributed by atoms with Crippen LogP contribution in [0.5, 0.6) is 0 Å². The Balaban J connectivity index is 1.59. The van der Waals surface area contributed by atoms with E-state index < -0.39 is 10.0 Å². The molecule has 2 aromatic rings. The molecule has 2 heterocycles. The van der Waals surface area contributed by atoms with E-state index in [9.17, 15) is 13.2 Å². The van der Waals surface area contributed by atoms with Crippen LogP contribution >= 0.6 is 11.3 Å². The van der Waals surface area contributed by atoms with E-state index in [1.165, 1.54) is 0 Å². The molecule has 1 fully saturated rings. The van der Waals surface area contributed by atoms with Gasteiger partial charge in [-0.25, -0.2) is 13.4 Å². The second kappa shape index (κ2) is 10.00. The molecule has 7 nitrogen and oxygen atoms in total. The highest BCUT2D eigenvalue weighted by molar-refractivity contribution is 7.89. The van der Waals surface area contributed by atoms with Crippen molar-refractivity contribution in [2.24, 2.45) is 0 Å². The number of benzene rings is 1. The van der Waals surface area contributed by atoms with Crippen molar-refractivity contribution in [2.75, 3.05) is 25.5 Å². The predicted molar refractivity (Wildman–Crippen MR) is 120 cm³/mol. The highest BCUT2D eigenvalue weighted by Crippen LogP contribution is 2.22. The Labute approximate surface area is 183 Å². The van der Waals surface area contributed by atoms with Crippen LogP contribution in [0.15, 0.2) is 34.5 Å². The number of rotatable bonds is 8. The Morgan fingerprint density at radius 2 is 1.90 bits per heavy atom. The molecule has 0 saturated carbocycles. The number of amides is 1. The van der Waals surface area contributed by atoms with Crippen LogP contribution in [0, 0.1) is 0 Å². The van der Waals surface area contributed by atoms with Crippen LogP contribution in [0.1, 0.15) is 43.8 Å². The molecule has 164 valence electrons. The van der Waals surface area contributed by atoms with E-state index in [4.69, 9.17) is 0 Å². The topological polar surface area (TPSA) is 82.6 Å². The number of piperidine rings is 1. The second-order valence-corrected chi connectivity index (χ2v) is 10.5. The first-order chi connectivity index (χ1) is 14.3. The molecule has 0 bridgehead atoms. The van der Waals surface area contributed by atoms with E-state index in [-0.39, 0.29) is 16.8 Å². The van der Waals surface area contributed by atoms with Crippen molar-refractivity contribution in [1.82, 2.24) is 14.2 Å². The van der Waals surface area contributed by atoms with E-state index in [1.807, 2.05) is 24.3 Å². The number of thiazole rings is 1. The van der Waals surface area contributed by atoms with E-state index in [0.717, 1.165) is 36.4 Å². The minimum absolute atomic E-state index is 0.143. The molecule has 1 atom stereocenters. The number of nitrogens with zero attached hydrogens (tertiary/aromatic N) is 3. The number of carbonyl (C=O) groups excluding carboxylic acids is 1. The Morgan fingerprint density at radius 3 is 2.50 bits per heavy atom. The van der Waals surface area contributed by atoms with Gasteiger partial charge in [0.05, 0.1) is 21.6 Å². The first-order valence-corrected chi connectivity index (χ1v) is 12.7. The monoisotopic (exact) mass is 450 g/mol. The lowest BCUT2D eigenvalue weighted by Gasteiger charge is -2.26. The third-order valence-corrected chi connectivity index (χ3v) is 8.38. The van der Waals surface area contributed by atoms with Crippen molar-refractivity contribution in [3.63, 3.8) is 0 Å². The Hall–Kier alpha value is -1.81. The minimum Gasteiger partial charge on any atom is -0.325 e. The quantitative estimate of drug-likeness (QED) is 0.667. The number of anilines is 1. The number of sulfonamides is 1.